The molecule has 1 aliphatic heterocycles. The van der Waals surface area contributed by atoms with Crippen molar-refractivity contribution in [3.8, 4) is 0 Å². The van der Waals surface area contributed by atoms with E-state index in [2.05, 4.69) is 26.6 Å². The van der Waals surface area contributed by atoms with E-state index < -0.39 is 0 Å². The molecule has 0 aromatic carbocycles. The highest BCUT2D eigenvalue weighted by Gasteiger charge is 2.15. The van der Waals surface area contributed by atoms with E-state index in [0.29, 0.717) is 6.04 Å². The molecule has 4 nitrogen and oxygen atoms in total. The van der Waals surface area contributed by atoms with E-state index in [1.54, 1.807) is 0 Å². The van der Waals surface area contributed by atoms with Crippen molar-refractivity contribution in [1.82, 2.24) is 20.4 Å². The van der Waals surface area contributed by atoms with Crippen LogP contribution in [0.25, 0.3) is 0 Å². The summed E-state index contributed by atoms with van der Waals surface area (Å²) in [6, 6.07) is 0.562. The fourth-order valence-electron chi connectivity index (χ4n) is 2.23. The third-order valence-electron chi connectivity index (χ3n) is 3.19. The minimum atomic E-state index is 0.562. The second-order valence-corrected chi connectivity index (χ2v) is 4.54. The number of aromatic nitrogens is 2. The van der Waals surface area contributed by atoms with E-state index in [9.17, 15) is 0 Å². The number of aryl methyl sites for hydroxylation is 1. The average Bonchev–Trinajstić information content (AvgIpc) is 2.79. The van der Waals surface area contributed by atoms with Crippen LogP contribution in [0.3, 0.4) is 0 Å². The van der Waals surface area contributed by atoms with E-state index in [0.717, 1.165) is 26.1 Å². The fraction of sp³-hybridized carbons (Fsp3) is 0.750. The van der Waals surface area contributed by atoms with E-state index in [4.69, 9.17) is 0 Å². The molecule has 1 aromatic heterocycles. The number of rotatable bonds is 5. The summed E-state index contributed by atoms with van der Waals surface area (Å²) in [5.41, 5.74) is 1.36. The Morgan fingerprint density at radius 3 is 3.31 bits per heavy atom. The van der Waals surface area contributed by atoms with Crippen LogP contribution in [0, 0.1) is 0 Å². The van der Waals surface area contributed by atoms with Crippen LogP contribution in [0.1, 0.15) is 30.9 Å². The molecule has 1 atom stereocenters. The van der Waals surface area contributed by atoms with Gasteiger partial charge < -0.3 is 10.6 Å². The molecule has 16 heavy (non-hydrogen) atoms. The van der Waals surface area contributed by atoms with Gasteiger partial charge in [0, 0.05) is 12.7 Å². The van der Waals surface area contributed by atoms with Crippen molar-refractivity contribution in [2.75, 3.05) is 26.7 Å². The number of nitrogens with zero attached hydrogens (tertiary/aromatic N) is 2. The highest BCUT2D eigenvalue weighted by Crippen LogP contribution is 2.16. The van der Waals surface area contributed by atoms with Crippen molar-refractivity contribution in [2.45, 2.75) is 31.7 Å². The van der Waals surface area contributed by atoms with Gasteiger partial charge in [0.05, 0.1) is 12.2 Å². The van der Waals surface area contributed by atoms with E-state index in [1.807, 2.05) is 13.2 Å². The van der Waals surface area contributed by atoms with Gasteiger partial charge in [-0.05, 0) is 51.4 Å². The molecule has 1 aliphatic rings. The van der Waals surface area contributed by atoms with Crippen molar-refractivity contribution in [3.05, 3.63) is 18.0 Å². The Morgan fingerprint density at radius 2 is 2.56 bits per heavy atom. The summed E-state index contributed by atoms with van der Waals surface area (Å²) in [7, 11) is 2.00. The predicted molar refractivity (Wildman–Crippen MR) is 65.6 cm³/mol. The third-order valence-corrected chi connectivity index (χ3v) is 3.19. The molecule has 0 radical (unpaired) electrons. The van der Waals surface area contributed by atoms with E-state index >= 15 is 0 Å². The molecular formula is C12H22N4. The first-order chi connectivity index (χ1) is 7.90. The molecule has 0 bridgehead atoms. The second kappa shape index (κ2) is 6.01. The summed E-state index contributed by atoms with van der Waals surface area (Å²) in [5.74, 6) is 0. The third kappa shape index (κ3) is 3.06. The van der Waals surface area contributed by atoms with Crippen molar-refractivity contribution >= 4 is 0 Å². The van der Waals surface area contributed by atoms with Crippen molar-refractivity contribution in [3.63, 3.8) is 0 Å². The maximum atomic E-state index is 4.47. The van der Waals surface area contributed by atoms with Crippen LogP contribution in [-0.4, -0.2) is 36.5 Å². The molecule has 0 spiro atoms. The number of nitrogens with one attached hydrogen (secondary N) is 2. The Labute approximate surface area is 97.4 Å². The normalized spacial score (nSPS) is 21.2. The summed E-state index contributed by atoms with van der Waals surface area (Å²) >= 11 is 0. The zero-order chi connectivity index (χ0) is 11.2. The first kappa shape index (κ1) is 11.6. The van der Waals surface area contributed by atoms with Gasteiger partial charge >= 0.3 is 0 Å². The van der Waals surface area contributed by atoms with Crippen molar-refractivity contribution in [2.24, 2.45) is 0 Å². The van der Waals surface area contributed by atoms with Crippen LogP contribution in [0.2, 0.25) is 0 Å². The summed E-state index contributed by atoms with van der Waals surface area (Å²) in [4.78, 5) is 0. The smallest absolute Gasteiger partial charge is 0.0644 e. The summed E-state index contributed by atoms with van der Waals surface area (Å²) in [6.07, 6.45) is 9.06. The van der Waals surface area contributed by atoms with Gasteiger partial charge in [-0.25, -0.2) is 0 Å². The zero-order valence-corrected chi connectivity index (χ0v) is 10.1. The lowest BCUT2D eigenvalue weighted by molar-refractivity contribution is 0.346. The molecule has 1 unspecified atom stereocenters. The highest BCUT2D eigenvalue weighted by atomic mass is 15.3. The van der Waals surface area contributed by atoms with Crippen LogP contribution in [0.15, 0.2) is 12.4 Å². The Bertz CT molecular complexity index is 302. The van der Waals surface area contributed by atoms with Crippen LogP contribution in [0.4, 0.5) is 0 Å². The van der Waals surface area contributed by atoms with Gasteiger partial charge in [0.25, 0.3) is 0 Å². The zero-order valence-electron chi connectivity index (χ0n) is 10.1. The summed E-state index contributed by atoms with van der Waals surface area (Å²) < 4.78 is 2.14. The standard InChI is InChI=1S/C12H22N4/c1-13-6-2-4-11-8-15-16(10-11)12-5-3-7-14-9-12/h8,10,12-14H,2-7,9H2,1H3. The number of hydrogen-bond donors (Lipinski definition) is 2. The highest BCUT2D eigenvalue weighted by molar-refractivity contribution is 5.05. The average molecular weight is 222 g/mol. The van der Waals surface area contributed by atoms with Crippen molar-refractivity contribution < 1.29 is 0 Å². The van der Waals surface area contributed by atoms with Gasteiger partial charge in [0.1, 0.15) is 0 Å². The Morgan fingerprint density at radius 1 is 1.62 bits per heavy atom. The van der Waals surface area contributed by atoms with Gasteiger partial charge in [0.15, 0.2) is 0 Å². The van der Waals surface area contributed by atoms with E-state index in [-0.39, 0.29) is 0 Å². The molecule has 2 rings (SSSR count). The summed E-state index contributed by atoms with van der Waals surface area (Å²) in [6.45, 7) is 3.31. The molecule has 0 saturated carbocycles. The van der Waals surface area contributed by atoms with Gasteiger partial charge in [-0.1, -0.05) is 0 Å². The van der Waals surface area contributed by atoms with Crippen LogP contribution in [0.5, 0.6) is 0 Å². The lowest BCUT2D eigenvalue weighted by atomic mass is 10.1. The molecular weight excluding hydrogens is 200 g/mol. The largest absolute Gasteiger partial charge is 0.320 e. The maximum absolute atomic E-state index is 4.47. The van der Waals surface area contributed by atoms with Gasteiger partial charge in [-0.3, -0.25) is 4.68 Å². The number of hydrogen-bond acceptors (Lipinski definition) is 3. The topological polar surface area (TPSA) is 41.9 Å². The Balaban J connectivity index is 1.85. The molecule has 1 fully saturated rings. The van der Waals surface area contributed by atoms with Gasteiger partial charge in [-0.2, -0.15) is 5.10 Å². The van der Waals surface area contributed by atoms with Gasteiger partial charge in [0.2, 0.25) is 0 Å². The molecule has 2 heterocycles. The minimum absolute atomic E-state index is 0.562. The van der Waals surface area contributed by atoms with E-state index in [1.165, 1.54) is 24.8 Å². The van der Waals surface area contributed by atoms with Crippen LogP contribution >= 0.6 is 0 Å². The maximum Gasteiger partial charge on any atom is 0.0644 e. The molecule has 2 N–H and O–H groups in total. The molecule has 0 amide bonds. The van der Waals surface area contributed by atoms with Crippen LogP contribution < -0.4 is 10.6 Å². The first-order valence-corrected chi connectivity index (χ1v) is 6.28. The second-order valence-electron chi connectivity index (χ2n) is 4.54. The lowest BCUT2D eigenvalue weighted by Gasteiger charge is -2.22. The lowest BCUT2D eigenvalue weighted by Crippen LogP contribution is -2.31. The van der Waals surface area contributed by atoms with Crippen LogP contribution in [-0.2, 0) is 6.42 Å². The predicted octanol–water partition coefficient (Wildman–Crippen LogP) is 0.960. The summed E-state index contributed by atoms with van der Waals surface area (Å²) in [5, 5.41) is 11.1. The molecule has 1 saturated heterocycles. The SMILES string of the molecule is CNCCCc1cnn(C2CCCNC2)c1. The molecule has 90 valence electrons. The van der Waals surface area contributed by atoms with Crippen molar-refractivity contribution in [1.29, 1.82) is 0 Å². The molecule has 0 aliphatic carbocycles. The fourth-order valence-corrected chi connectivity index (χ4v) is 2.23. The van der Waals surface area contributed by atoms with Gasteiger partial charge in [-0.15, -0.1) is 0 Å². The Kier molecular flexibility index (Phi) is 4.36. The Hall–Kier alpha value is -0.870. The molecule has 4 heteroatoms. The number of piperidine rings is 1. The molecule has 1 aromatic rings. The monoisotopic (exact) mass is 222 g/mol. The first-order valence-electron chi connectivity index (χ1n) is 6.28. The quantitative estimate of drug-likeness (QED) is 0.729. The minimum Gasteiger partial charge on any atom is -0.320 e.